The van der Waals surface area contributed by atoms with Crippen molar-refractivity contribution in [2.24, 2.45) is 0 Å². The van der Waals surface area contributed by atoms with E-state index in [4.69, 9.17) is 0 Å². The summed E-state index contributed by atoms with van der Waals surface area (Å²) in [6, 6.07) is 8.92. The van der Waals surface area contributed by atoms with Crippen LogP contribution in [0.4, 0.5) is 4.39 Å². The SMILES string of the molecule is CCNC(c1cccs1)c1cc(F)ccc1Br. The molecule has 2 aromatic rings. The molecule has 4 heteroatoms. The number of halogens is 2. The molecule has 0 amide bonds. The van der Waals surface area contributed by atoms with Crippen molar-refractivity contribution in [3.8, 4) is 0 Å². The van der Waals surface area contributed by atoms with E-state index in [1.54, 1.807) is 23.5 Å². The molecule has 1 aromatic heterocycles. The first-order valence-electron chi connectivity index (χ1n) is 5.44. The second-order valence-corrected chi connectivity index (χ2v) is 5.51. The van der Waals surface area contributed by atoms with Crippen LogP contribution in [-0.2, 0) is 0 Å². The summed E-state index contributed by atoms with van der Waals surface area (Å²) < 4.78 is 14.3. The Morgan fingerprint density at radius 2 is 2.24 bits per heavy atom. The summed E-state index contributed by atoms with van der Waals surface area (Å²) in [5, 5.41) is 5.42. The first-order chi connectivity index (χ1) is 8.22. The number of hydrogen-bond acceptors (Lipinski definition) is 2. The fourth-order valence-corrected chi connectivity index (χ4v) is 3.05. The smallest absolute Gasteiger partial charge is 0.123 e. The fraction of sp³-hybridized carbons (Fsp3) is 0.231. The van der Waals surface area contributed by atoms with Crippen LogP contribution < -0.4 is 5.32 Å². The van der Waals surface area contributed by atoms with Crippen LogP contribution >= 0.6 is 27.3 Å². The fourth-order valence-electron chi connectivity index (χ4n) is 1.76. The Balaban J connectivity index is 2.42. The maximum Gasteiger partial charge on any atom is 0.123 e. The van der Waals surface area contributed by atoms with E-state index >= 15 is 0 Å². The molecule has 0 fully saturated rings. The summed E-state index contributed by atoms with van der Waals surface area (Å²) in [6.07, 6.45) is 0. The van der Waals surface area contributed by atoms with Gasteiger partial charge >= 0.3 is 0 Å². The van der Waals surface area contributed by atoms with Gasteiger partial charge in [0.05, 0.1) is 6.04 Å². The van der Waals surface area contributed by atoms with Gasteiger partial charge in [-0.2, -0.15) is 0 Å². The van der Waals surface area contributed by atoms with Gasteiger partial charge in [0.25, 0.3) is 0 Å². The molecule has 1 unspecified atom stereocenters. The molecule has 1 aromatic carbocycles. The van der Waals surface area contributed by atoms with Crippen LogP contribution in [0.15, 0.2) is 40.2 Å². The summed E-state index contributed by atoms with van der Waals surface area (Å²) in [5.41, 5.74) is 0.939. The Hall–Kier alpha value is -0.710. The van der Waals surface area contributed by atoms with E-state index in [1.807, 2.05) is 18.4 Å². The van der Waals surface area contributed by atoms with Gasteiger partial charge in [0.15, 0.2) is 0 Å². The molecule has 0 spiro atoms. The zero-order valence-electron chi connectivity index (χ0n) is 9.41. The quantitative estimate of drug-likeness (QED) is 0.885. The van der Waals surface area contributed by atoms with E-state index in [9.17, 15) is 4.39 Å². The number of rotatable bonds is 4. The number of benzene rings is 1. The van der Waals surface area contributed by atoms with E-state index in [-0.39, 0.29) is 11.9 Å². The zero-order valence-corrected chi connectivity index (χ0v) is 11.8. The normalized spacial score (nSPS) is 12.6. The van der Waals surface area contributed by atoms with Crippen molar-refractivity contribution in [1.29, 1.82) is 0 Å². The molecule has 1 heterocycles. The van der Waals surface area contributed by atoms with E-state index in [2.05, 4.69) is 27.3 Å². The van der Waals surface area contributed by atoms with Crippen molar-refractivity contribution in [1.82, 2.24) is 5.32 Å². The monoisotopic (exact) mass is 313 g/mol. The van der Waals surface area contributed by atoms with Gasteiger partial charge in [0.2, 0.25) is 0 Å². The van der Waals surface area contributed by atoms with Crippen molar-refractivity contribution in [2.75, 3.05) is 6.54 Å². The standard InChI is InChI=1S/C13H13BrFNS/c1-2-16-13(12-4-3-7-17-12)10-8-9(15)5-6-11(10)14/h3-8,13,16H,2H2,1H3. The third-order valence-corrected chi connectivity index (χ3v) is 4.16. The van der Waals surface area contributed by atoms with Crippen LogP contribution in [0.1, 0.15) is 23.4 Å². The van der Waals surface area contributed by atoms with Crippen LogP contribution in [0, 0.1) is 5.82 Å². The maximum absolute atomic E-state index is 13.3. The predicted molar refractivity (Wildman–Crippen MR) is 73.9 cm³/mol. The van der Waals surface area contributed by atoms with E-state index in [0.29, 0.717) is 0 Å². The average Bonchev–Trinajstić information content (AvgIpc) is 2.83. The Kier molecular flexibility index (Phi) is 4.31. The molecule has 2 rings (SSSR count). The first kappa shape index (κ1) is 12.7. The highest BCUT2D eigenvalue weighted by Crippen LogP contribution is 2.31. The lowest BCUT2D eigenvalue weighted by atomic mass is 10.1. The van der Waals surface area contributed by atoms with Crippen molar-refractivity contribution >= 4 is 27.3 Å². The van der Waals surface area contributed by atoms with Gasteiger partial charge in [-0.05, 0) is 41.8 Å². The number of nitrogens with one attached hydrogen (secondary N) is 1. The molecule has 0 bridgehead atoms. The molecule has 0 saturated heterocycles. The van der Waals surface area contributed by atoms with Gasteiger partial charge in [0.1, 0.15) is 5.82 Å². The van der Waals surface area contributed by atoms with Crippen LogP contribution in [0.3, 0.4) is 0 Å². The largest absolute Gasteiger partial charge is 0.306 e. The molecule has 1 N–H and O–H groups in total. The molecule has 1 nitrogen and oxygen atoms in total. The van der Waals surface area contributed by atoms with Gasteiger partial charge in [-0.3, -0.25) is 0 Å². The highest BCUT2D eigenvalue weighted by Gasteiger charge is 2.17. The Morgan fingerprint density at radius 1 is 1.41 bits per heavy atom. The lowest BCUT2D eigenvalue weighted by Gasteiger charge is -2.18. The third-order valence-electron chi connectivity index (χ3n) is 2.50. The highest BCUT2D eigenvalue weighted by atomic mass is 79.9. The molecule has 0 radical (unpaired) electrons. The van der Waals surface area contributed by atoms with Gasteiger partial charge in [-0.25, -0.2) is 4.39 Å². The van der Waals surface area contributed by atoms with Gasteiger partial charge in [-0.15, -0.1) is 11.3 Å². The van der Waals surface area contributed by atoms with Gasteiger partial charge < -0.3 is 5.32 Å². The van der Waals surface area contributed by atoms with Crippen LogP contribution in [0.25, 0.3) is 0 Å². The predicted octanol–water partition coefficient (Wildman–Crippen LogP) is 4.35. The molecule has 1 atom stereocenters. The minimum absolute atomic E-state index is 0.0464. The van der Waals surface area contributed by atoms with Crippen LogP contribution in [0.5, 0.6) is 0 Å². The molecular formula is C13H13BrFNS. The minimum Gasteiger partial charge on any atom is -0.306 e. The zero-order chi connectivity index (χ0) is 12.3. The highest BCUT2D eigenvalue weighted by molar-refractivity contribution is 9.10. The molecule has 0 aliphatic heterocycles. The average molecular weight is 314 g/mol. The molecule has 0 saturated carbocycles. The number of thiophene rings is 1. The Bertz CT molecular complexity index is 484. The van der Waals surface area contributed by atoms with Gasteiger partial charge in [0, 0.05) is 9.35 Å². The molecule has 90 valence electrons. The summed E-state index contributed by atoms with van der Waals surface area (Å²) in [5.74, 6) is -0.206. The molecule has 0 aliphatic carbocycles. The third kappa shape index (κ3) is 2.94. The first-order valence-corrected chi connectivity index (χ1v) is 7.11. The van der Waals surface area contributed by atoms with E-state index < -0.39 is 0 Å². The minimum atomic E-state index is -0.206. The van der Waals surface area contributed by atoms with Gasteiger partial charge in [-0.1, -0.05) is 28.9 Å². The Labute approximate surface area is 113 Å². The molecule has 0 aliphatic rings. The second kappa shape index (κ2) is 5.76. The summed E-state index contributed by atoms with van der Waals surface area (Å²) in [6.45, 7) is 2.89. The van der Waals surface area contributed by atoms with E-state index in [1.165, 1.54) is 10.9 Å². The number of hydrogen-bond donors (Lipinski definition) is 1. The molecular weight excluding hydrogens is 301 g/mol. The summed E-state index contributed by atoms with van der Waals surface area (Å²) in [4.78, 5) is 1.19. The van der Waals surface area contributed by atoms with E-state index in [0.717, 1.165) is 16.6 Å². The second-order valence-electron chi connectivity index (χ2n) is 3.67. The Morgan fingerprint density at radius 3 is 2.88 bits per heavy atom. The maximum atomic E-state index is 13.3. The van der Waals surface area contributed by atoms with Crippen LogP contribution in [0.2, 0.25) is 0 Å². The summed E-state index contributed by atoms with van der Waals surface area (Å²) in [7, 11) is 0. The van der Waals surface area contributed by atoms with Crippen molar-refractivity contribution < 1.29 is 4.39 Å². The lowest BCUT2D eigenvalue weighted by molar-refractivity contribution is 0.605. The lowest BCUT2D eigenvalue weighted by Crippen LogP contribution is -2.21. The molecule has 17 heavy (non-hydrogen) atoms. The summed E-state index contributed by atoms with van der Waals surface area (Å²) >= 11 is 5.16. The van der Waals surface area contributed by atoms with Crippen molar-refractivity contribution in [3.05, 3.63) is 56.4 Å². The van der Waals surface area contributed by atoms with Crippen molar-refractivity contribution in [3.63, 3.8) is 0 Å². The topological polar surface area (TPSA) is 12.0 Å². The van der Waals surface area contributed by atoms with Crippen LogP contribution in [-0.4, -0.2) is 6.54 Å². The van der Waals surface area contributed by atoms with Crippen molar-refractivity contribution in [2.45, 2.75) is 13.0 Å².